The van der Waals surface area contributed by atoms with Gasteiger partial charge in [0.1, 0.15) is 11.3 Å². The minimum absolute atomic E-state index is 0.120. The molecule has 0 spiro atoms. The third-order valence-corrected chi connectivity index (χ3v) is 7.73. The number of nitrogens with zero attached hydrogens (tertiary/aromatic N) is 4. The molecule has 1 aliphatic carbocycles. The van der Waals surface area contributed by atoms with Gasteiger partial charge in [-0.05, 0) is 25.2 Å². The highest BCUT2D eigenvalue weighted by Crippen LogP contribution is 2.39. The number of nitrogens with two attached hydrogens (primary N) is 1. The predicted octanol–water partition coefficient (Wildman–Crippen LogP) is 2.18. The van der Waals surface area contributed by atoms with E-state index in [1.807, 2.05) is 4.57 Å². The number of hydrogen-bond donors (Lipinski definition) is 1. The fourth-order valence-corrected chi connectivity index (χ4v) is 6.25. The highest BCUT2D eigenvalue weighted by molar-refractivity contribution is 7.89. The van der Waals surface area contributed by atoms with Gasteiger partial charge in [0, 0.05) is 38.6 Å². The Morgan fingerprint density at radius 1 is 1.19 bits per heavy atom. The Morgan fingerprint density at radius 3 is 2.67 bits per heavy atom. The highest BCUT2D eigenvalue weighted by atomic mass is 32.2. The summed E-state index contributed by atoms with van der Waals surface area (Å²) in [6.45, 7) is 1.49. The van der Waals surface area contributed by atoms with Crippen molar-refractivity contribution in [3.05, 3.63) is 12.4 Å². The summed E-state index contributed by atoms with van der Waals surface area (Å²) in [4.78, 5) is 8.92. The standard InChI is InChI=1S/C18H27N5O3S/c1-26-12-13-7-10-22(11-13)27(24,25)16-15-18(21-9-8-20-15)23(17(16)19)14-5-3-2-4-6-14/h8-9,13-14H,2-7,10-12,19H2,1H3. The second-order valence-electron chi connectivity index (χ2n) is 7.58. The van der Waals surface area contributed by atoms with Crippen molar-refractivity contribution in [3.8, 4) is 0 Å². The zero-order valence-corrected chi connectivity index (χ0v) is 16.5. The molecular formula is C18H27N5O3S. The molecule has 2 aliphatic rings. The van der Waals surface area contributed by atoms with Crippen LogP contribution < -0.4 is 5.73 Å². The third kappa shape index (κ3) is 3.21. The Hall–Kier alpha value is -1.71. The van der Waals surface area contributed by atoms with E-state index in [9.17, 15) is 8.42 Å². The van der Waals surface area contributed by atoms with E-state index < -0.39 is 10.0 Å². The quantitative estimate of drug-likeness (QED) is 0.835. The molecule has 0 bridgehead atoms. The van der Waals surface area contributed by atoms with Crippen LogP contribution in [0, 0.1) is 5.92 Å². The van der Waals surface area contributed by atoms with Crippen molar-refractivity contribution in [1.82, 2.24) is 18.8 Å². The summed E-state index contributed by atoms with van der Waals surface area (Å²) in [5, 5.41) is 0. The molecule has 1 atom stereocenters. The highest BCUT2D eigenvalue weighted by Gasteiger charge is 2.38. The predicted molar refractivity (Wildman–Crippen MR) is 103 cm³/mol. The zero-order chi connectivity index (χ0) is 19.0. The van der Waals surface area contributed by atoms with Crippen LogP contribution in [-0.2, 0) is 14.8 Å². The van der Waals surface area contributed by atoms with Crippen LogP contribution in [-0.4, -0.2) is 54.1 Å². The smallest absolute Gasteiger partial charge is 0.248 e. The van der Waals surface area contributed by atoms with Crippen LogP contribution in [0.2, 0.25) is 0 Å². The molecule has 2 fully saturated rings. The fraction of sp³-hybridized carbons (Fsp3) is 0.667. The van der Waals surface area contributed by atoms with E-state index in [-0.39, 0.29) is 22.7 Å². The molecule has 2 aromatic rings. The molecule has 3 heterocycles. The van der Waals surface area contributed by atoms with Crippen LogP contribution in [0.4, 0.5) is 5.82 Å². The monoisotopic (exact) mass is 393 g/mol. The van der Waals surface area contributed by atoms with Gasteiger partial charge in [-0.25, -0.2) is 18.4 Å². The number of aromatic nitrogens is 3. The maximum absolute atomic E-state index is 13.4. The Kier molecular flexibility index (Phi) is 5.09. The van der Waals surface area contributed by atoms with Crippen molar-refractivity contribution in [3.63, 3.8) is 0 Å². The summed E-state index contributed by atoms with van der Waals surface area (Å²) >= 11 is 0. The third-order valence-electron chi connectivity index (χ3n) is 5.80. The van der Waals surface area contributed by atoms with Crippen LogP contribution in [0.3, 0.4) is 0 Å². The lowest BCUT2D eigenvalue weighted by atomic mass is 9.95. The lowest BCUT2D eigenvalue weighted by molar-refractivity contribution is 0.157. The maximum Gasteiger partial charge on any atom is 0.248 e. The lowest BCUT2D eigenvalue weighted by Crippen LogP contribution is -2.30. The van der Waals surface area contributed by atoms with Crippen LogP contribution in [0.1, 0.15) is 44.6 Å². The summed E-state index contributed by atoms with van der Waals surface area (Å²) in [7, 11) is -2.09. The van der Waals surface area contributed by atoms with E-state index in [0.717, 1.165) is 32.1 Å². The first kappa shape index (κ1) is 18.6. The molecule has 2 aromatic heterocycles. The van der Waals surface area contributed by atoms with Gasteiger partial charge in [-0.15, -0.1) is 0 Å². The van der Waals surface area contributed by atoms with Gasteiger partial charge in [-0.3, -0.25) is 0 Å². The molecule has 148 valence electrons. The van der Waals surface area contributed by atoms with E-state index in [0.29, 0.717) is 30.9 Å². The van der Waals surface area contributed by atoms with Gasteiger partial charge >= 0.3 is 0 Å². The van der Waals surface area contributed by atoms with Gasteiger partial charge in [0.25, 0.3) is 0 Å². The summed E-state index contributed by atoms with van der Waals surface area (Å²) in [6, 6.07) is 0.182. The van der Waals surface area contributed by atoms with Gasteiger partial charge in [0.05, 0.1) is 6.61 Å². The number of hydrogen-bond acceptors (Lipinski definition) is 6. The zero-order valence-electron chi connectivity index (χ0n) is 15.7. The molecule has 0 aromatic carbocycles. The topological polar surface area (TPSA) is 103 Å². The molecule has 8 nitrogen and oxygen atoms in total. The van der Waals surface area contributed by atoms with E-state index in [1.54, 1.807) is 13.3 Å². The normalized spacial score (nSPS) is 22.6. The van der Waals surface area contributed by atoms with Crippen LogP contribution in [0.25, 0.3) is 11.2 Å². The molecule has 1 unspecified atom stereocenters. The molecule has 0 radical (unpaired) electrons. The van der Waals surface area contributed by atoms with Gasteiger partial charge in [-0.1, -0.05) is 19.3 Å². The minimum atomic E-state index is -3.74. The van der Waals surface area contributed by atoms with E-state index >= 15 is 0 Å². The minimum Gasteiger partial charge on any atom is -0.384 e. The number of sulfonamides is 1. The van der Waals surface area contributed by atoms with E-state index in [2.05, 4.69) is 9.97 Å². The average molecular weight is 394 g/mol. The van der Waals surface area contributed by atoms with Gasteiger partial charge in [-0.2, -0.15) is 4.31 Å². The summed E-state index contributed by atoms with van der Waals surface area (Å²) in [5.74, 6) is 0.488. The first-order valence-electron chi connectivity index (χ1n) is 9.63. The molecule has 1 saturated carbocycles. The Morgan fingerprint density at radius 2 is 1.93 bits per heavy atom. The number of rotatable bonds is 5. The molecule has 4 rings (SSSR count). The summed E-state index contributed by atoms with van der Waals surface area (Å²) in [6.07, 6.45) is 9.36. The molecular weight excluding hydrogens is 366 g/mol. The van der Waals surface area contributed by atoms with Crippen molar-refractivity contribution in [2.24, 2.45) is 5.92 Å². The van der Waals surface area contributed by atoms with Crippen molar-refractivity contribution in [2.45, 2.75) is 49.5 Å². The largest absolute Gasteiger partial charge is 0.384 e. The SMILES string of the molecule is COCC1CCN(S(=O)(=O)c2c(N)n(C3CCCCC3)c3nccnc23)C1. The lowest BCUT2D eigenvalue weighted by Gasteiger charge is -2.25. The maximum atomic E-state index is 13.4. The second kappa shape index (κ2) is 7.37. The Bertz CT molecular complexity index is 920. The first-order chi connectivity index (χ1) is 13.0. The number of anilines is 1. The number of methoxy groups -OCH3 is 1. The average Bonchev–Trinajstić information content (AvgIpc) is 3.25. The van der Waals surface area contributed by atoms with Crippen molar-refractivity contribution in [2.75, 3.05) is 32.5 Å². The number of ether oxygens (including phenoxy) is 1. The van der Waals surface area contributed by atoms with E-state index in [1.165, 1.54) is 16.9 Å². The molecule has 2 N–H and O–H groups in total. The summed E-state index contributed by atoms with van der Waals surface area (Å²) < 4.78 is 35.5. The van der Waals surface area contributed by atoms with Crippen molar-refractivity contribution >= 4 is 27.0 Å². The number of fused-ring (bicyclic) bond motifs is 1. The molecule has 1 aliphatic heterocycles. The van der Waals surface area contributed by atoms with Crippen molar-refractivity contribution < 1.29 is 13.2 Å². The van der Waals surface area contributed by atoms with Gasteiger partial charge in [0.2, 0.25) is 10.0 Å². The molecule has 9 heteroatoms. The second-order valence-corrected chi connectivity index (χ2v) is 9.45. The van der Waals surface area contributed by atoms with Crippen LogP contribution >= 0.6 is 0 Å². The first-order valence-corrected chi connectivity index (χ1v) is 11.1. The number of nitrogen functional groups attached to an aromatic ring is 1. The molecule has 0 amide bonds. The van der Waals surface area contributed by atoms with Crippen LogP contribution in [0.15, 0.2) is 17.3 Å². The Labute approximate surface area is 159 Å². The molecule has 27 heavy (non-hydrogen) atoms. The van der Waals surface area contributed by atoms with Gasteiger partial charge < -0.3 is 15.0 Å². The Balaban J connectivity index is 1.79. The fourth-order valence-electron chi connectivity index (χ4n) is 4.49. The summed E-state index contributed by atoms with van der Waals surface area (Å²) in [5.41, 5.74) is 7.41. The molecule has 1 saturated heterocycles. The van der Waals surface area contributed by atoms with E-state index in [4.69, 9.17) is 10.5 Å². The van der Waals surface area contributed by atoms with Gasteiger partial charge in [0.15, 0.2) is 10.5 Å². The van der Waals surface area contributed by atoms with Crippen LogP contribution in [0.5, 0.6) is 0 Å². The van der Waals surface area contributed by atoms with Crippen molar-refractivity contribution in [1.29, 1.82) is 0 Å².